The van der Waals surface area contributed by atoms with Gasteiger partial charge in [-0.15, -0.1) is 0 Å². The van der Waals surface area contributed by atoms with E-state index < -0.39 is 0 Å². The first-order chi connectivity index (χ1) is 12.5. The lowest BCUT2D eigenvalue weighted by Gasteiger charge is -2.32. The molecule has 0 radical (unpaired) electrons. The maximum absolute atomic E-state index is 12.5. The highest BCUT2D eigenvalue weighted by Crippen LogP contribution is 2.32. The fraction of sp³-hybridized carbons (Fsp3) is 0.579. The Hall–Kier alpha value is -2.12. The van der Waals surface area contributed by atoms with Crippen LogP contribution in [0.3, 0.4) is 0 Å². The average molecular weight is 360 g/mol. The summed E-state index contributed by atoms with van der Waals surface area (Å²) in [6, 6.07) is 9.73. The van der Waals surface area contributed by atoms with Crippen LogP contribution < -0.4 is 10.6 Å². The van der Waals surface area contributed by atoms with E-state index in [9.17, 15) is 9.59 Å². The van der Waals surface area contributed by atoms with Crippen molar-refractivity contribution >= 4 is 11.9 Å². The highest BCUT2D eigenvalue weighted by Gasteiger charge is 2.45. The van der Waals surface area contributed by atoms with Crippen molar-refractivity contribution < 1.29 is 14.3 Å². The van der Waals surface area contributed by atoms with Gasteiger partial charge in [-0.05, 0) is 26.1 Å². The minimum Gasteiger partial charge on any atom is -0.370 e. The predicted molar refractivity (Wildman–Crippen MR) is 98.6 cm³/mol. The van der Waals surface area contributed by atoms with Gasteiger partial charge in [-0.3, -0.25) is 4.79 Å². The number of urea groups is 1. The van der Waals surface area contributed by atoms with Crippen LogP contribution in [0.1, 0.15) is 12.0 Å². The highest BCUT2D eigenvalue weighted by atomic mass is 16.5. The lowest BCUT2D eigenvalue weighted by atomic mass is 9.99. The fourth-order valence-electron chi connectivity index (χ4n) is 3.52. The van der Waals surface area contributed by atoms with Gasteiger partial charge in [0.25, 0.3) is 0 Å². The van der Waals surface area contributed by atoms with E-state index in [0.717, 1.165) is 12.1 Å². The number of hydrogen-bond acceptors (Lipinski definition) is 4. The number of likely N-dealkylation sites (tertiary alicyclic amines) is 1. The number of benzene rings is 1. The molecule has 1 aromatic rings. The lowest BCUT2D eigenvalue weighted by Crippen LogP contribution is -2.51. The number of fused-ring (bicyclic) bond motifs is 2. The molecule has 2 aliphatic rings. The summed E-state index contributed by atoms with van der Waals surface area (Å²) >= 11 is 0. The fourth-order valence-corrected chi connectivity index (χ4v) is 3.52. The summed E-state index contributed by atoms with van der Waals surface area (Å²) in [4.78, 5) is 28.7. The molecule has 26 heavy (non-hydrogen) atoms. The van der Waals surface area contributed by atoms with Gasteiger partial charge in [0.2, 0.25) is 5.91 Å². The van der Waals surface area contributed by atoms with Crippen molar-refractivity contribution in [2.75, 3.05) is 40.3 Å². The Bertz CT molecular complexity index is 622. The van der Waals surface area contributed by atoms with Crippen LogP contribution >= 0.6 is 0 Å². The summed E-state index contributed by atoms with van der Waals surface area (Å²) in [5.41, 5.74) is 1.07. The molecule has 3 amide bonds. The average Bonchev–Trinajstić information content (AvgIpc) is 2.94. The molecule has 0 aromatic heterocycles. The van der Waals surface area contributed by atoms with E-state index >= 15 is 0 Å². The van der Waals surface area contributed by atoms with Gasteiger partial charge in [-0.2, -0.15) is 0 Å². The predicted octanol–water partition coefficient (Wildman–Crippen LogP) is 0.663. The number of morpholine rings is 1. The Morgan fingerprint density at radius 1 is 1.19 bits per heavy atom. The van der Waals surface area contributed by atoms with Crippen molar-refractivity contribution in [1.82, 2.24) is 20.4 Å². The van der Waals surface area contributed by atoms with Gasteiger partial charge in [-0.25, -0.2) is 4.79 Å². The molecule has 2 heterocycles. The summed E-state index contributed by atoms with van der Waals surface area (Å²) in [6.07, 6.45) is 0.414. The molecule has 1 aromatic carbocycles. The van der Waals surface area contributed by atoms with E-state index in [1.165, 1.54) is 0 Å². The molecule has 0 spiro atoms. The summed E-state index contributed by atoms with van der Waals surface area (Å²) in [6.45, 7) is 2.94. The maximum Gasteiger partial charge on any atom is 0.317 e. The van der Waals surface area contributed by atoms with Crippen LogP contribution in [0.4, 0.5) is 4.79 Å². The van der Waals surface area contributed by atoms with Crippen LogP contribution in [0.25, 0.3) is 0 Å². The van der Waals surface area contributed by atoms with Gasteiger partial charge in [0, 0.05) is 32.7 Å². The van der Waals surface area contributed by atoms with Crippen LogP contribution in [0.5, 0.6) is 0 Å². The van der Waals surface area contributed by atoms with Crippen molar-refractivity contribution in [3.05, 3.63) is 35.9 Å². The number of likely N-dealkylation sites (N-methyl/N-ethyl adjacent to an activating group) is 1. The number of ether oxygens (including phenoxy) is 1. The molecular formula is C19H28N4O3. The van der Waals surface area contributed by atoms with E-state index in [1.807, 2.05) is 49.3 Å². The lowest BCUT2D eigenvalue weighted by molar-refractivity contribution is -0.127. The Balaban J connectivity index is 1.48. The van der Waals surface area contributed by atoms with E-state index in [0.29, 0.717) is 32.6 Å². The molecule has 2 fully saturated rings. The summed E-state index contributed by atoms with van der Waals surface area (Å²) in [5.74, 6) is -0.139. The van der Waals surface area contributed by atoms with Gasteiger partial charge in [0.05, 0.1) is 18.1 Å². The number of carbonyl (C=O) groups is 2. The van der Waals surface area contributed by atoms with Crippen molar-refractivity contribution in [2.45, 2.75) is 25.2 Å². The summed E-state index contributed by atoms with van der Waals surface area (Å²) in [7, 11) is 3.95. The van der Waals surface area contributed by atoms with Crippen LogP contribution in [0.15, 0.2) is 30.3 Å². The number of nitrogens with zero attached hydrogens (tertiary/aromatic N) is 2. The first-order valence-corrected chi connectivity index (χ1v) is 9.17. The van der Waals surface area contributed by atoms with Crippen molar-refractivity contribution in [3.8, 4) is 0 Å². The van der Waals surface area contributed by atoms with Gasteiger partial charge >= 0.3 is 6.03 Å². The second-order valence-electron chi connectivity index (χ2n) is 7.28. The van der Waals surface area contributed by atoms with Crippen LogP contribution in [0, 0.1) is 5.92 Å². The SMILES string of the molecule is CN(C)CCNC(=O)[C@@H]1C[C@H]2CN(C(=O)NCc3ccccc3)C[C@@H]1O2. The third kappa shape index (κ3) is 4.74. The molecule has 7 nitrogen and oxygen atoms in total. The standard InChI is InChI=1S/C19H28N4O3/c1-22(2)9-8-20-18(24)16-10-15-12-23(13-17(16)26-15)19(25)21-11-14-6-4-3-5-7-14/h3-7,15-17H,8-13H2,1-2H3,(H,20,24)(H,21,25)/t15-,16+,17-/m0/s1. The molecule has 2 bridgehead atoms. The number of nitrogens with one attached hydrogen (secondary N) is 2. The molecule has 2 saturated heterocycles. The normalized spacial score (nSPS) is 24.6. The third-order valence-corrected chi connectivity index (χ3v) is 4.93. The Morgan fingerprint density at radius 3 is 2.69 bits per heavy atom. The minimum absolute atomic E-state index is 0.0332. The summed E-state index contributed by atoms with van der Waals surface area (Å²) < 4.78 is 5.91. The molecule has 3 atom stereocenters. The van der Waals surface area contributed by atoms with Gasteiger partial charge in [-0.1, -0.05) is 30.3 Å². The zero-order valence-corrected chi connectivity index (χ0v) is 15.5. The molecule has 2 N–H and O–H groups in total. The number of amides is 3. The van der Waals surface area contributed by atoms with E-state index in [1.54, 1.807) is 4.90 Å². The largest absolute Gasteiger partial charge is 0.370 e. The van der Waals surface area contributed by atoms with Gasteiger partial charge in [0.15, 0.2) is 0 Å². The van der Waals surface area contributed by atoms with Gasteiger partial charge in [0.1, 0.15) is 0 Å². The third-order valence-electron chi connectivity index (χ3n) is 4.93. The molecule has 7 heteroatoms. The number of carbonyl (C=O) groups excluding carboxylic acids is 2. The van der Waals surface area contributed by atoms with Crippen molar-refractivity contribution in [1.29, 1.82) is 0 Å². The molecule has 2 aliphatic heterocycles. The van der Waals surface area contributed by atoms with Crippen molar-refractivity contribution in [3.63, 3.8) is 0 Å². The van der Waals surface area contributed by atoms with Crippen LogP contribution in [-0.2, 0) is 16.1 Å². The minimum atomic E-state index is -0.212. The molecule has 0 saturated carbocycles. The first kappa shape index (κ1) is 18.7. The monoisotopic (exact) mass is 360 g/mol. The first-order valence-electron chi connectivity index (χ1n) is 9.17. The number of hydrogen-bond donors (Lipinski definition) is 2. The summed E-state index contributed by atoms with van der Waals surface area (Å²) in [5, 5.41) is 5.93. The van der Waals surface area contributed by atoms with Gasteiger partial charge < -0.3 is 25.2 Å². The Kier molecular flexibility index (Phi) is 6.11. The smallest absolute Gasteiger partial charge is 0.317 e. The second-order valence-corrected chi connectivity index (χ2v) is 7.28. The van der Waals surface area contributed by atoms with Crippen LogP contribution in [0.2, 0.25) is 0 Å². The Labute approximate surface area is 154 Å². The molecule has 142 valence electrons. The zero-order valence-electron chi connectivity index (χ0n) is 15.5. The quantitative estimate of drug-likeness (QED) is 0.782. The topological polar surface area (TPSA) is 73.9 Å². The molecule has 3 rings (SSSR count). The molecular weight excluding hydrogens is 332 g/mol. The number of rotatable bonds is 6. The van der Waals surface area contributed by atoms with E-state index in [-0.39, 0.29) is 30.1 Å². The second kappa shape index (κ2) is 8.51. The highest BCUT2D eigenvalue weighted by molar-refractivity contribution is 5.80. The van der Waals surface area contributed by atoms with Crippen molar-refractivity contribution in [2.24, 2.45) is 5.92 Å². The van der Waals surface area contributed by atoms with E-state index in [4.69, 9.17) is 4.74 Å². The zero-order chi connectivity index (χ0) is 18.5. The molecule has 0 unspecified atom stereocenters. The molecule has 0 aliphatic carbocycles. The maximum atomic E-state index is 12.5. The van der Waals surface area contributed by atoms with E-state index in [2.05, 4.69) is 10.6 Å². The van der Waals surface area contributed by atoms with Crippen LogP contribution in [-0.4, -0.2) is 74.2 Å². The Morgan fingerprint density at radius 2 is 1.96 bits per heavy atom.